The van der Waals surface area contributed by atoms with Crippen molar-refractivity contribution in [1.82, 2.24) is 20.1 Å². The van der Waals surface area contributed by atoms with Crippen molar-refractivity contribution in [2.45, 2.75) is 20.4 Å². The normalized spacial score (nSPS) is 12.8. The average Bonchev–Trinajstić information content (AvgIpc) is 2.70. The first-order valence-corrected chi connectivity index (χ1v) is 5.35. The molecule has 0 fully saturated rings. The number of nitrogens with zero attached hydrogens (tertiary/aromatic N) is 3. The summed E-state index contributed by atoms with van der Waals surface area (Å²) in [6.45, 7) is 4.80. The number of carbonyl (C=O) groups is 1. The van der Waals surface area contributed by atoms with Crippen LogP contribution >= 0.6 is 0 Å². The molecule has 0 aliphatic rings. The predicted octanol–water partition coefficient (Wildman–Crippen LogP) is -0.00600. The highest BCUT2D eigenvalue weighted by atomic mass is 16.2. The zero-order valence-electron chi connectivity index (χ0n) is 9.97. The molecule has 6 heteroatoms. The topological polar surface area (TPSA) is 87.9 Å². The summed E-state index contributed by atoms with van der Waals surface area (Å²) >= 11 is 0. The van der Waals surface area contributed by atoms with Crippen molar-refractivity contribution in [2.75, 3.05) is 13.6 Å². The van der Waals surface area contributed by atoms with E-state index in [-0.39, 0.29) is 17.7 Å². The molecule has 0 saturated heterocycles. The van der Waals surface area contributed by atoms with Gasteiger partial charge in [0.25, 0.3) is 0 Å². The number of H-pyrrole nitrogens is 1. The summed E-state index contributed by atoms with van der Waals surface area (Å²) in [7, 11) is 1.75. The van der Waals surface area contributed by atoms with Crippen molar-refractivity contribution in [2.24, 2.45) is 17.6 Å². The fourth-order valence-corrected chi connectivity index (χ4v) is 1.55. The maximum Gasteiger partial charge on any atom is 0.227 e. The molecule has 1 rings (SSSR count). The Morgan fingerprint density at radius 1 is 1.62 bits per heavy atom. The minimum absolute atomic E-state index is 0.0499. The molecule has 3 N–H and O–H groups in total. The van der Waals surface area contributed by atoms with E-state index in [0.29, 0.717) is 18.9 Å². The third kappa shape index (κ3) is 3.03. The number of nitrogens with one attached hydrogen (secondary N) is 1. The van der Waals surface area contributed by atoms with Crippen molar-refractivity contribution in [1.29, 1.82) is 0 Å². The lowest BCUT2D eigenvalue weighted by Gasteiger charge is -2.24. The Bertz CT molecular complexity index is 322. The lowest BCUT2D eigenvalue weighted by Crippen LogP contribution is -2.39. The number of aromatic nitrogens is 3. The van der Waals surface area contributed by atoms with E-state index in [2.05, 4.69) is 15.2 Å². The van der Waals surface area contributed by atoms with Crippen LogP contribution in [0.25, 0.3) is 0 Å². The molecule has 0 bridgehead atoms. The van der Waals surface area contributed by atoms with Gasteiger partial charge in [-0.3, -0.25) is 9.89 Å². The molecule has 1 aromatic heterocycles. The van der Waals surface area contributed by atoms with E-state index in [1.165, 1.54) is 6.33 Å². The van der Waals surface area contributed by atoms with Crippen molar-refractivity contribution in [3.05, 3.63) is 12.2 Å². The van der Waals surface area contributed by atoms with E-state index in [0.717, 1.165) is 0 Å². The van der Waals surface area contributed by atoms with Crippen LogP contribution in [-0.2, 0) is 11.3 Å². The lowest BCUT2D eigenvalue weighted by molar-refractivity contribution is -0.135. The SMILES string of the molecule is CC(C)C(CN)C(=O)N(C)Cc1ncn[nH]1. The van der Waals surface area contributed by atoms with E-state index in [4.69, 9.17) is 5.73 Å². The van der Waals surface area contributed by atoms with Crippen LogP contribution < -0.4 is 5.73 Å². The van der Waals surface area contributed by atoms with Gasteiger partial charge < -0.3 is 10.6 Å². The number of carbonyl (C=O) groups excluding carboxylic acids is 1. The quantitative estimate of drug-likeness (QED) is 0.738. The Hall–Kier alpha value is -1.43. The summed E-state index contributed by atoms with van der Waals surface area (Å²) in [6, 6.07) is 0. The largest absolute Gasteiger partial charge is 0.338 e. The Kier molecular flexibility index (Phi) is 4.42. The van der Waals surface area contributed by atoms with Crippen molar-refractivity contribution in [3.8, 4) is 0 Å². The van der Waals surface area contributed by atoms with E-state index in [1.54, 1.807) is 11.9 Å². The van der Waals surface area contributed by atoms with Crippen LogP contribution in [-0.4, -0.2) is 39.6 Å². The summed E-state index contributed by atoms with van der Waals surface area (Å²) in [5.41, 5.74) is 5.60. The van der Waals surface area contributed by atoms with Crippen LogP contribution in [0.1, 0.15) is 19.7 Å². The molecule has 0 aromatic carbocycles. The van der Waals surface area contributed by atoms with Gasteiger partial charge in [-0.2, -0.15) is 5.10 Å². The highest BCUT2D eigenvalue weighted by Gasteiger charge is 2.24. The van der Waals surface area contributed by atoms with Gasteiger partial charge in [-0.05, 0) is 5.92 Å². The van der Waals surface area contributed by atoms with Gasteiger partial charge in [0.05, 0.1) is 12.5 Å². The zero-order valence-corrected chi connectivity index (χ0v) is 9.97. The summed E-state index contributed by atoms with van der Waals surface area (Å²) in [5, 5.41) is 6.46. The van der Waals surface area contributed by atoms with Crippen LogP contribution in [0, 0.1) is 11.8 Å². The van der Waals surface area contributed by atoms with Gasteiger partial charge in [0.2, 0.25) is 5.91 Å². The van der Waals surface area contributed by atoms with Gasteiger partial charge in [0.1, 0.15) is 12.2 Å². The van der Waals surface area contributed by atoms with E-state index in [9.17, 15) is 4.79 Å². The molecule has 1 aromatic rings. The second-order valence-electron chi connectivity index (χ2n) is 4.21. The van der Waals surface area contributed by atoms with Crippen molar-refractivity contribution < 1.29 is 4.79 Å². The molecule has 90 valence electrons. The molecule has 6 nitrogen and oxygen atoms in total. The second kappa shape index (κ2) is 5.60. The van der Waals surface area contributed by atoms with Crippen LogP contribution in [0.2, 0.25) is 0 Å². The first-order valence-electron chi connectivity index (χ1n) is 5.35. The second-order valence-corrected chi connectivity index (χ2v) is 4.21. The van der Waals surface area contributed by atoms with Gasteiger partial charge in [-0.1, -0.05) is 13.8 Å². The number of nitrogens with two attached hydrogens (primary N) is 1. The summed E-state index contributed by atoms with van der Waals surface area (Å²) in [5.74, 6) is 0.840. The summed E-state index contributed by atoms with van der Waals surface area (Å²) in [4.78, 5) is 17.6. The van der Waals surface area contributed by atoms with Crippen LogP contribution in [0.5, 0.6) is 0 Å². The Balaban J connectivity index is 2.59. The molecule has 16 heavy (non-hydrogen) atoms. The molecular weight excluding hydrogens is 206 g/mol. The molecule has 1 unspecified atom stereocenters. The molecule has 0 spiro atoms. The van der Waals surface area contributed by atoms with Gasteiger partial charge in [0, 0.05) is 13.6 Å². The molecule has 1 atom stereocenters. The zero-order chi connectivity index (χ0) is 12.1. The molecular formula is C10H19N5O. The highest BCUT2D eigenvalue weighted by molar-refractivity contribution is 5.78. The first-order chi connectivity index (χ1) is 7.56. The van der Waals surface area contributed by atoms with E-state index in [1.807, 2.05) is 13.8 Å². The smallest absolute Gasteiger partial charge is 0.227 e. The maximum absolute atomic E-state index is 12.0. The first kappa shape index (κ1) is 12.6. The number of amides is 1. The molecule has 0 radical (unpaired) electrons. The predicted molar refractivity (Wildman–Crippen MR) is 60.2 cm³/mol. The monoisotopic (exact) mass is 225 g/mol. The molecule has 0 aliphatic carbocycles. The molecule has 0 aliphatic heterocycles. The highest BCUT2D eigenvalue weighted by Crippen LogP contribution is 2.13. The van der Waals surface area contributed by atoms with E-state index >= 15 is 0 Å². The lowest BCUT2D eigenvalue weighted by atomic mass is 9.94. The number of rotatable bonds is 5. The number of hydrogen-bond donors (Lipinski definition) is 2. The van der Waals surface area contributed by atoms with Gasteiger partial charge in [-0.15, -0.1) is 0 Å². The third-order valence-corrected chi connectivity index (χ3v) is 2.60. The summed E-state index contributed by atoms with van der Waals surface area (Å²) in [6.07, 6.45) is 1.43. The minimum Gasteiger partial charge on any atom is -0.338 e. The van der Waals surface area contributed by atoms with E-state index < -0.39 is 0 Å². The molecule has 0 saturated carbocycles. The maximum atomic E-state index is 12.0. The fraction of sp³-hybridized carbons (Fsp3) is 0.700. The van der Waals surface area contributed by atoms with Crippen LogP contribution in [0.3, 0.4) is 0 Å². The van der Waals surface area contributed by atoms with Gasteiger partial charge >= 0.3 is 0 Å². The minimum atomic E-state index is -0.132. The fourth-order valence-electron chi connectivity index (χ4n) is 1.55. The van der Waals surface area contributed by atoms with Crippen molar-refractivity contribution in [3.63, 3.8) is 0 Å². The number of aromatic amines is 1. The third-order valence-electron chi connectivity index (χ3n) is 2.60. The average molecular weight is 225 g/mol. The number of hydrogen-bond acceptors (Lipinski definition) is 4. The Morgan fingerprint density at radius 3 is 2.75 bits per heavy atom. The van der Waals surface area contributed by atoms with Gasteiger partial charge in [-0.25, -0.2) is 4.98 Å². The Labute approximate surface area is 95.2 Å². The summed E-state index contributed by atoms with van der Waals surface area (Å²) < 4.78 is 0. The standard InChI is InChI=1S/C10H19N5O/c1-7(2)8(4-11)10(16)15(3)5-9-12-6-13-14-9/h6-8H,4-5,11H2,1-3H3,(H,12,13,14). The van der Waals surface area contributed by atoms with Gasteiger partial charge in [0.15, 0.2) is 0 Å². The van der Waals surface area contributed by atoms with Crippen LogP contribution in [0.15, 0.2) is 6.33 Å². The molecule has 1 heterocycles. The molecule has 1 amide bonds. The van der Waals surface area contributed by atoms with Crippen LogP contribution in [0.4, 0.5) is 0 Å². The van der Waals surface area contributed by atoms with Crippen molar-refractivity contribution >= 4 is 5.91 Å². The Morgan fingerprint density at radius 2 is 2.31 bits per heavy atom.